The van der Waals surface area contributed by atoms with E-state index in [0.29, 0.717) is 5.75 Å². The van der Waals surface area contributed by atoms with Crippen molar-refractivity contribution in [3.05, 3.63) is 48.0 Å². The van der Waals surface area contributed by atoms with E-state index in [0.717, 1.165) is 24.8 Å². The summed E-state index contributed by atoms with van der Waals surface area (Å²) in [6, 6.07) is 10.3. The molecule has 2 rings (SSSR count). The van der Waals surface area contributed by atoms with Crippen LogP contribution in [0.4, 0.5) is 0 Å². The molecule has 0 heterocycles. The molecule has 0 saturated heterocycles. The molecule has 0 fully saturated rings. The number of ether oxygens (including phenoxy) is 1. The molecule has 28 heavy (non-hydrogen) atoms. The van der Waals surface area contributed by atoms with E-state index in [1.54, 1.807) is 12.1 Å². The van der Waals surface area contributed by atoms with Crippen molar-refractivity contribution in [2.75, 3.05) is 0 Å². The second-order valence-electron chi connectivity index (χ2n) is 6.69. The Balaban J connectivity index is 0.00000392. The summed E-state index contributed by atoms with van der Waals surface area (Å²) >= 11 is 0. The van der Waals surface area contributed by atoms with Gasteiger partial charge in [-0.25, -0.2) is 0 Å². The molecule has 0 aliphatic heterocycles. The maximum Gasteiger partial charge on any atom is 1.00 e. The van der Waals surface area contributed by atoms with E-state index in [4.69, 9.17) is 9.29 Å². The van der Waals surface area contributed by atoms with Gasteiger partial charge in [0, 0.05) is 6.07 Å². The van der Waals surface area contributed by atoms with E-state index in [2.05, 4.69) is 6.92 Å². The topological polar surface area (TPSA) is 86.7 Å². The first-order valence-corrected chi connectivity index (χ1v) is 10.9. The number of hydrogen-bond donors (Lipinski definition) is 1. The first kappa shape index (κ1) is 25.0. The monoisotopic (exact) mass is 414 g/mol. The zero-order valence-electron chi connectivity index (χ0n) is 16.7. The van der Waals surface area contributed by atoms with Crippen molar-refractivity contribution in [3.8, 4) is 17.2 Å². The van der Waals surface area contributed by atoms with Crippen LogP contribution in [0, 0.1) is 0 Å². The van der Waals surface area contributed by atoms with Crippen LogP contribution in [0.15, 0.2) is 47.4 Å². The fourth-order valence-corrected chi connectivity index (χ4v) is 3.45. The van der Waals surface area contributed by atoms with E-state index in [9.17, 15) is 13.5 Å². The minimum Gasteiger partial charge on any atom is -0.872 e. The molecule has 0 aromatic heterocycles. The van der Waals surface area contributed by atoms with E-state index in [-0.39, 0.29) is 46.0 Å². The van der Waals surface area contributed by atoms with Gasteiger partial charge < -0.3 is 9.84 Å². The van der Waals surface area contributed by atoms with Gasteiger partial charge in [0.15, 0.2) is 0 Å². The number of hydrogen-bond acceptors (Lipinski definition) is 4. The Hall–Kier alpha value is -1.05. The number of aryl methyl sites for hydroxylation is 1. The van der Waals surface area contributed by atoms with Crippen LogP contribution < -0.4 is 39.4 Å². The van der Waals surface area contributed by atoms with Crippen LogP contribution in [0.2, 0.25) is 0 Å². The quantitative estimate of drug-likeness (QED) is 0.346. The van der Waals surface area contributed by atoms with Crippen molar-refractivity contribution in [1.29, 1.82) is 0 Å². The largest absolute Gasteiger partial charge is 1.00 e. The van der Waals surface area contributed by atoms with Crippen molar-refractivity contribution in [3.63, 3.8) is 0 Å². The van der Waals surface area contributed by atoms with Crippen molar-refractivity contribution >= 4 is 10.1 Å². The molecule has 5 nitrogen and oxygen atoms in total. The van der Waals surface area contributed by atoms with Gasteiger partial charge >= 0.3 is 29.6 Å². The van der Waals surface area contributed by atoms with Gasteiger partial charge in [-0.3, -0.25) is 4.55 Å². The molecule has 1 N–H and O–H groups in total. The van der Waals surface area contributed by atoms with Gasteiger partial charge in [0.25, 0.3) is 10.1 Å². The van der Waals surface area contributed by atoms with Crippen LogP contribution in [0.25, 0.3) is 0 Å². The predicted octanol–water partition coefficient (Wildman–Crippen LogP) is 2.10. The third-order valence-corrected chi connectivity index (χ3v) is 5.27. The molecule has 0 amide bonds. The van der Waals surface area contributed by atoms with Crippen LogP contribution in [0.5, 0.6) is 17.2 Å². The van der Waals surface area contributed by atoms with Gasteiger partial charge in [-0.05, 0) is 36.6 Å². The summed E-state index contributed by atoms with van der Waals surface area (Å²) in [4.78, 5) is -0.244. The van der Waals surface area contributed by atoms with Crippen LogP contribution in [0.3, 0.4) is 0 Å². The maximum absolute atomic E-state index is 11.7. The Morgan fingerprint density at radius 2 is 1.64 bits per heavy atom. The van der Waals surface area contributed by atoms with Crippen LogP contribution >= 0.6 is 0 Å². The van der Waals surface area contributed by atoms with Crippen molar-refractivity contribution in [2.24, 2.45) is 0 Å². The Labute approximate surface area is 190 Å². The summed E-state index contributed by atoms with van der Waals surface area (Å²) in [6.45, 7) is 2.20. The standard InChI is InChI=1S/C21H28O5S.Na/c1-2-3-4-5-6-7-8-10-17-13-14-18(22)15-21(17)26-19-11-9-12-20(16-19)27(23,24)25;/h9,11-16,22H,2-8,10H2,1H3,(H,23,24,25);/q;+1/p-1. The molecule has 0 atom stereocenters. The number of rotatable bonds is 11. The van der Waals surface area contributed by atoms with Gasteiger partial charge in [0.2, 0.25) is 0 Å². The van der Waals surface area contributed by atoms with E-state index in [1.807, 2.05) is 0 Å². The molecule has 0 spiro atoms. The van der Waals surface area contributed by atoms with E-state index >= 15 is 0 Å². The molecule has 148 valence electrons. The predicted molar refractivity (Wildman–Crippen MR) is 104 cm³/mol. The molecule has 2 aromatic carbocycles. The molecule has 0 bridgehead atoms. The minimum atomic E-state index is -4.30. The summed E-state index contributed by atoms with van der Waals surface area (Å²) in [5.41, 5.74) is 0.917. The first-order valence-electron chi connectivity index (χ1n) is 9.45. The zero-order valence-corrected chi connectivity index (χ0v) is 19.5. The van der Waals surface area contributed by atoms with Crippen molar-refractivity contribution < 1.29 is 52.4 Å². The minimum absolute atomic E-state index is 0. The average Bonchev–Trinajstić information content (AvgIpc) is 2.62. The van der Waals surface area contributed by atoms with Gasteiger partial charge in [0.05, 0.1) is 4.90 Å². The SMILES string of the molecule is CCCCCCCCCc1ccc([O-])cc1Oc1cccc(S(=O)(=O)O)c1.[Na+]. The third-order valence-electron chi connectivity index (χ3n) is 4.42. The Kier molecular flexibility index (Phi) is 11.2. The summed E-state index contributed by atoms with van der Waals surface area (Å²) < 4.78 is 37.5. The smallest absolute Gasteiger partial charge is 0.872 e. The normalized spacial score (nSPS) is 11.1. The summed E-state index contributed by atoms with van der Waals surface area (Å²) in [6.07, 6.45) is 9.17. The molecule has 0 aliphatic rings. The van der Waals surface area contributed by atoms with Crippen molar-refractivity contribution in [2.45, 2.75) is 63.2 Å². The second kappa shape index (κ2) is 12.5. The van der Waals surface area contributed by atoms with Gasteiger partial charge in [-0.15, -0.1) is 5.75 Å². The Bertz CT molecular complexity index is 836. The Morgan fingerprint density at radius 3 is 2.32 bits per heavy atom. The average molecular weight is 414 g/mol. The maximum atomic E-state index is 11.7. The second-order valence-corrected chi connectivity index (χ2v) is 8.11. The summed E-state index contributed by atoms with van der Waals surface area (Å²) in [7, 11) is -4.30. The number of unbranched alkanes of at least 4 members (excludes halogenated alkanes) is 6. The van der Waals surface area contributed by atoms with E-state index in [1.165, 1.54) is 62.4 Å². The summed E-state index contributed by atoms with van der Waals surface area (Å²) in [5.74, 6) is 0.525. The molecule has 0 unspecified atom stereocenters. The van der Waals surface area contributed by atoms with E-state index < -0.39 is 10.1 Å². The fraction of sp³-hybridized carbons (Fsp3) is 0.429. The van der Waals surface area contributed by atoms with Crippen LogP contribution in [-0.4, -0.2) is 13.0 Å². The Morgan fingerprint density at radius 1 is 0.964 bits per heavy atom. The van der Waals surface area contributed by atoms with Gasteiger partial charge in [-0.1, -0.05) is 63.6 Å². The van der Waals surface area contributed by atoms with Crippen molar-refractivity contribution in [1.82, 2.24) is 0 Å². The molecular weight excluding hydrogens is 387 g/mol. The van der Waals surface area contributed by atoms with Gasteiger partial charge in [-0.2, -0.15) is 8.42 Å². The molecule has 7 heteroatoms. The van der Waals surface area contributed by atoms with Crippen LogP contribution in [0.1, 0.15) is 57.4 Å². The third kappa shape index (κ3) is 8.53. The van der Waals surface area contributed by atoms with Gasteiger partial charge in [0.1, 0.15) is 11.5 Å². The fourth-order valence-electron chi connectivity index (χ4n) is 2.93. The first-order chi connectivity index (χ1) is 12.9. The molecule has 0 saturated carbocycles. The van der Waals surface area contributed by atoms with Crippen LogP contribution in [-0.2, 0) is 16.5 Å². The number of benzene rings is 2. The summed E-state index contributed by atoms with van der Waals surface area (Å²) in [5, 5.41) is 11.7. The zero-order chi connectivity index (χ0) is 19.7. The molecular formula is C21H27NaO5S. The molecule has 0 aliphatic carbocycles. The molecule has 0 radical (unpaired) electrons. The molecule has 2 aromatic rings.